The van der Waals surface area contributed by atoms with Crippen molar-refractivity contribution < 1.29 is 4.74 Å². The number of hydrogen-bond acceptors (Lipinski definition) is 4. The molecule has 1 aliphatic carbocycles. The van der Waals surface area contributed by atoms with E-state index in [2.05, 4.69) is 20.5 Å². The number of rotatable bonds is 9. The van der Waals surface area contributed by atoms with Crippen molar-refractivity contribution >= 4 is 0 Å². The molecular weight excluding hydrogens is 264 g/mol. The average molecular weight is 286 g/mol. The van der Waals surface area contributed by atoms with Gasteiger partial charge in [0, 0.05) is 43.3 Å². The van der Waals surface area contributed by atoms with Crippen LogP contribution in [0.5, 0.6) is 0 Å². The Labute approximate surface area is 125 Å². The minimum Gasteiger partial charge on any atom is -0.381 e. The van der Waals surface area contributed by atoms with Gasteiger partial charge in [-0.1, -0.05) is 0 Å². The molecule has 1 fully saturated rings. The molecule has 0 aliphatic heterocycles. The number of H-pyrrole nitrogens is 1. The van der Waals surface area contributed by atoms with Crippen LogP contribution in [-0.2, 0) is 11.3 Å². The minimum atomic E-state index is 0.809. The highest BCUT2D eigenvalue weighted by Gasteiger charge is 2.20. The molecule has 0 aromatic carbocycles. The van der Waals surface area contributed by atoms with Gasteiger partial charge in [0.1, 0.15) is 0 Å². The van der Waals surface area contributed by atoms with E-state index < -0.39 is 0 Å². The van der Waals surface area contributed by atoms with Crippen molar-refractivity contribution in [2.75, 3.05) is 19.8 Å². The first-order chi connectivity index (χ1) is 10.4. The van der Waals surface area contributed by atoms with E-state index >= 15 is 0 Å². The lowest BCUT2D eigenvalue weighted by atomic mass is 10.1. The van der Waals surface area contributed by atoms with Crippen molar-refractivity contribution in [1.82, 2.24) is 20.5 Å². The summed E-state index contributed by atoms with van der Waals surface area (Å²) in [5.74, 6) is 0.853. The van der Waals surface area contributed by atoms with E-state index in [-0.39, 0.29) is 0 Å². The molecule has 0 atom stereocenters. The summed E-state index contributed by atoms with van der Waals surface area (Å²) in [5, 5.41) is 10.6. The zero-order chi connectivity index (χ0) is 14.3. The summed E-state index contributed by atoms with van der Waals surface area (Å²) in [5.41, 5.74) is 3.28. The molecule has 3 rings (SSSR count). The molecule has 1 saturated carbocycles. The van der Waals surface area contributed by atoms with Crippen molar-refractivity contribution in [1.29, 1.82) is 0 Å². The highest BCUT2D eigenvalue weighted by atomic mass is 16.5. The summed E-state index contributed by atoms with van der Waals surface area (Å²) in [6, 6.07) is 3.97. The Morgan fingerprint density at radius 1 is 1.33 bits per heavy atom. The lowest BCUT2D eigenvalue weighted by molar-refractivity contribution is 0.122. The van der Waals surface area contributed by atoms with Crippen molar-refractivity contribution in [3.8, 4) is 11.3 Å². The molecule has 0 radical (unpaired) electrons. The van der Waals surface area contributed by atoms with Crippen molar-refractivity contribution in [2.24, 2.45) is 5.92 Å². The fourth-order valence-electron chi connectivity index (χ4n) is 2.26. The van der Waals surface area contributed by atoms with Crippen LogP contribution in [0.1, 0.15) is 24.8 Å². The van der Waals surface area contributed by atoms with Crippen LogP contribution in [0.3, 0.4) is 0 Å². The number of aromatic nitrogens is 3. The summed E-state index contributed by atoms with van der Waals surface area (Å²) in [6.07, 6.45) is 9.26. The topological polar surface area (TPSA) is 62.8 Å². The van der Waals surface area contributed by atoms with Gasteiger partial charge in [0.25, 0.3) is 0 Å². The number of hydrogen-bond donors (Lipinski definition) is 2. The van der Waals surface area contributed by atoms with Crippen LogP contribution in [0.2, 0.25) is 0 Å². The van der Waals surface area contributed by atoms with Crippen LogP contribution in [0.15, 0.2) is 30.7 Å². The minimum absolute atomic E-state index is 0.809. The Hall–Kier alpha value is -1.72. The molecule has 0 saturated heterocycles. The summed E-state index contributed by atoms with van der Waals surface area (Å²) in [6.45, 7) is 3.57. The van der Waals surface area contributed by atoms with Crippen molar-refractivity contribution in [3.63, 3.8) is 0 Å². The summed E-state index contributed by atoms with van der Waals surface area (Å²) in [4.78, 5) is 4.15. The summed E-state index contributed by atoms with van der Waals surface area (Å²) < 4.78 is 5.62. The molecule has 5 nitrogen and oxygen atoms in total. The molecule has 0 unspecified atom stereocenters. The van der Waals surface area contributed by atoms with E-state index in [0.717, 1.165) is 49.9 Å². The van der Waals surface area contributed by atoms with E-state index in [4.69, 9.17) is 4.74 Å². The third kappa shape index (κ3) is 4.37. The molecule has 2 heterocycles. The predicted octanol–water partition coefficient (Wildman–Crippen LogP) is 2.38. The number of ether oxygens (including phenoxy) is 1. The molecule has 112 valence electrons. The molecule has 0 spiro atoms. The van der Waals surface area contributed by atoms with Crippen LogP contribution in [0, 0.1) is 5.92 Å². The van der Waals surface area contributed by atoms with Crippen LogP contribution >= 0.6 is 0 Å². The van der Waals surface area contributed by atoms with Gasteiger partial charge in [-0.2, -0.15) is 5.10 Å². The van der Waals surface area contributed by atoms with Crippen LogP contribution in [0.25, 0.3) is 11.3 Å². The van der Waals surface area contributed by atoms with E-state index in [1.807, 2.05) is 24.5 Å². The van der Waals surface area contributed by atoms with E-state index in [0.29, 0.717) is 0 Å². The molecule has 1 aliphatic rings. The molecule has 5 heteroatoms. The van der Waals surface area contributed by atoms with Gasteiger partial charge in [-0.3, -0.25) is 10.1 Å². The number of nitrogens with zero attached hydrogens (tertiary/aromatic N) is 2. The van der Waals surface area contributed by atoms with Crippen LogP contribution in [0.4, 0.5) is 0 Å². The van der Waals surface area contributed by atoms with Crippen molar-refractivity contribution in [3.05, 3.63) is 36.3 Å². The van der Waals surface area contributed by atoms with Crippen LogP contribution in [-0.4, -0.2) is 34.9 Å². The normalized spacial score (nSPS) is 14.5. The Balaban J connectivity index is 1.38. The van der Waals surface area contributed by atoms with Gasteiger partial charge in [-0.05, 0) is 43.9 Å². The Kier molecular flexibility index (Phi) is 4.97. The largest absolute Gasteiger partial charge is 0.381 e. The molecule has 0 bridgehead atoms. The maximum absolute atomic E-state index is 5.62. The second kappa shape index (κ2) is 7.33. The Bertz CT molecular complexity index is 536. The first-order valence-corrected chi connectivity index (χ1v) is 7.64. The summed E-state index contributed by atoms with van der Waals surface area (Å²) in [7, 11) is 0. The fourth-order valence-corrected chi connectivity index (χ4v) is 2.26. The van der Waals surface area contributed by atoms with Gasteiger partial charge >= 0.3 is 0 Å². The summed E-state index contributed by atoms with van der Waals surface area (Å²) >= 11 is 0. The highest BCUT2D eigenvalue weighted by Crippen LogP contribution is 2.28. The maximum atomic E-state index is 5.62. The molecule has 21 heavy (non-hydrogen) atoms. The molecule has 2 aromatic rings. The Morgan fingerprint density at radius 3 is 3.10 bits per heavy atom. The van der Waals surface area contributed by atoms with Gasteiger partial charge in [0.05, 0.1) is 11.9 Å². The highest BCUT2D eigenvalue weighted by molar-refractivity contribution is 5.61. The number of nitrogens with one attached hydrogen (secondary N) is 2. The lowest BCUT2D eigenvalue weighted by Crippen LogP contribution is -2.16. The van der Waals surface area contributed by atoms with Crippen molar-refractivity contribution in [2.45, 2.75) is 25.8 Å². The first kappa shape index (κ1) is 14.2. The Morgan fingerprint density at radius 2 is 2.29 bits per heavy atom. The number of aromatic amines is 1. The van der Waals surface area contributed by atoms with E-state index in [1.54, 1.807) is 6.20 Å². The van der Waals surface area contributed by atoms with Gasteiger partial charge in [-0.15, -0.1) is 0 Å². The lowest BCUT2D eigenvalue weighted by Gasteiger charge is -2.06. The second-order valence-electron chi connectivity index (χ2n) is 5.56. The third-order valence-electron chi connectivity index (χ3n) is 3.68. The van der Waals surface area contributed by atoms with Gasteiger partial charge in [0.2, 0.25) is 0 Å². The average Bonchev–Trinajstić information content (AvgIpc) is 3.23. The zero-order valence-electron chi connectivity index (χ0n) is 12.2. The standard InChI is InChI=1S/C16H22N4O/c1-3-14(9-17-6-1)16-15(11-19-20-16)10-18-7-2-8-21-12-13-4-5-13/h1,3,6,9,11,13,18H,2,4-5,7-8,10,12H2,(H,19,20). The predicted molar refractivity (Wildman–Crippen MR) is 81.7 cm³/mol. The van der Waals surface area contributed by atoms with E-state index in [9.17, 15) is 0 Å². The fraction of sp³-hybridized carbons (Fsp3) is 0.500. The smallest absolute Gasteiger partial charge is 0.0710 e. The van der Waals surface area contributed by atoms with Crippen LogP contribution < -0.4 is 5.32 Å². The van der Waals surface area contributed by atoms with E-state index in [1.165, 1.54) is 18.4 Å². The second-order valence-corrected chi connectivity index (χ2v) is 5.56. The third-order valence-corrected chi connectivity index (χ3v) is 3.68. The monoisotopic (exact) mass is 286 g/mol. The van der Waals surface area contributed by atoms with Gasteiger partial charge in [-0.25, -0.2) is 0 Å². The van der Waals surface area contributed by atoms with Gasteiger partial charge < -0.3 is 10.1 Å². The number of pyridine rings is 1. The first-order valence-electron chi connectivity index (χ1n) is 7.64. The SMILES string of the molecule is c1cncc(-c2[nH]ncc2CNCCCOCC2CC2)c1. The maximum Gasteiger partial charge on any atom is 0.0710 e. The molecule has 2 N–H and O–H groups in total. The molecular formula is C16H22N4O. The zero-order valence-corrected chi connectivity index (χ0v) is 12.2. The van der Waals surface area contributed by atoms with Gasteiger partial charge in [0.15, 0.2) is 0 Å². The molecule has 0 amide bonds. The molecule has 2 aromatic heterocycles. The quantitative estimate of drug-likeness (QED) is 0.695.